The number of nitrogens with one attached hydrogen (secondary N) is 1. The molecule has 1 heterocycles. The summed E-state index contributed by atoms with van der Waals surface area (Å²) in [4.78, 5) is 27.4. The molecule has 3 rings (SSSR count). The van der Waals surface area contributed by atoms with Gasteiger partial charge in [0, 0.05) is 32.2 Å². The summed E-state index contributed by atoms with van der Waals surface area (Å²) in [6.45, 7) is 3.65. The zero-order valence-electron chi connectivity index (χ0n) is 21.2. The molecular formula is C28H34BN3O5. The van der Waals surface area contributed by atoms with Crippen molar-refractivity contribution in [3.05, 3.63) is 76.9 Å². The van der Waals surface area contributed by atoms with Crippen molar-refractivity contribution in [2.45, 2.75) is 51.0 Å². The average Bonchev–Trinajstić information content (AvgIpc) is 2.92. The van der Waals surface area contributed by atoms with Gasteiger partial charge in [-0.2, -0.15) is 5.26 Å². The van der Waals surface area contributed by atoms with Crippen molar-refractivity contribution in [2.75, 3.05) is 19.8 Å². The predicted octanol–water partition coefficient (Wildman–Crippen LogP) is 2.29. The van der Waals surface area contributed by atoms with E-state index in [1.807, 2.05) is 61.5 Å². The molecule has 3 N–H and O–H groups in total. The Labute approximate surface area is 218 Å². The van der Waals surface area contributed by atoms with E-state index in [1.165, 1.54) is 0 Å². The smallest absolute Gasteiger partial charge is 0.426 e. The minimum atomic E-state index is -1.68. The van der Waals surface area contributed by atoms with Gasteiger partial charge in [0.2, 0.25) is 5.91 Å². The Morgan fingerprint density at radius 1 is 1.16 bits per heavy atom. The van der Waals surface area contributed by atoms with Crippen LogP contribution in [0.4, 0.5) is 0 Å². The van der Waals surface area contributed by atoms with Crippen LogP contribution in [-0.4, -0.2) is 65.6 Å². The Morgan fingerprint density at radius 2 is 1.86 bits per heavy atom. The quantitative estimate of drug-likeness (QED) is 0.246. The summed E-state index contributed by atoms with van der Waals surface area (Å²) < 4.78 is 5.40. The van der Waals surface area contributed by atoms with Crippen LogP contribution in [0.1, 0.15) is 42.9 Å². The number of hydrogen-bond donors (Lipinski definition) is 3. The Morgan fingerprint density at radius 3 is 2.51 bits per heavy atom. The van der Waals surface area contributed by atoms with E-state index in [2.05, 4.69) is 11.4 Å². The second-order valence-electron chi connectivity index (χ2n) is 9.13. The largest absolute Gasteiger partial charge is 0.475 e. The summed E-state index contributed by atoms with van der Waals surface area (Å²) in [5.74, 6) is -1.39. The highest BCUT2D eigenvalue weighted by Gasteiger charge is 2.27. The van der Waals surface area contributed by atoms with Gasteiger partial charge < -0.3 is 25.0 Å². The molecule has 0 aromatic heterocycles. The van der Waals surface area contributed by atoms with Gasteiger partial charge >= 0.3 is 7.12 Å². The third-order valence-electron chi connectivity index (χ3n) is 6.49. The molecule has 1 atom stereocenters. The predicted molar refractivity (Wildman–Crippen MR) is 142 cm³/mol. The van der Waals surface area contributed by atoms with E-state index in [-0.39, 0.29) is 29.9 Å². The number of amides is 2. The third-order valence-corrected chi connectivity index (χ3v) is 6.49. The highest BCUT2D eigenvalue weighted by atomic mass is 16.5. The highest BCUT2D eigenvalue weighted by molar-refractivity contribution is 6.43. The molecule has 2 aromatic rings. The molecule has 1 aliphatic heterocycles. The van der Waals surface area contributed by atoms with Gasteiger partial charge in [-0.25, -0.2) is 0 Å². The van der Waals surface area contributed by atoms with Crippen LogP contribution in [0.15, 0.2) is 60.2 Å². The number of benzene rings is 2. The average molecular weight is 503 g/mol. The number of carbonyl (C=O) groups is 2. The zero-order valence-corrected chi connectivity index (χ0v) is 21.2. The zero-order chi connectivity index (χ0) is 26.6. The number of aryl methyl sites for hydroxylation is 1. The van der Waals surface area contributed by atoms with Crippen molar-refractivity contribution in [2.24, 2.45) is 0 Å². The Balaban J connectivity index is 1.61. The van der Waals surface area contributed by atoms with Gasteiger partial charge in [-0.3, -0.25) is 9.59 Å². The molecule has 0 radical (unpaired) electrons. The van der Waals surface area contributed by atoms with E-state index in [0.717, 1.165) is 24.0 Å². The summed E-state index contributed by atoms with van der Waals surface area (Å²) in [6, 6.07) is 18.8. The number of hydrogen-bond acceptors (Lipinski definition) is 6. The van der Waals surface area contributed by atoms with Crippen molar-refractivity contribution in [3.63, 3.8) is 0 Å². The lowest BCUT2D eigenvalue weighted by atomic mass is 9.76. The molecule has 37 heavy (non-hydrogen) atoms. The minimum Gasteiger partial charge on any atom is -0.426 e. The normalized spacial score (nSPS) is 14.9. The van der Waals surface area contributed by atoms with Gasteiger partial charge in [-0.05, 0) is 55.4 Å². The molecule has 194 valence electrons. The van der Waals surface area contributed by atoms with Gasteiger partial charge in [-0.15, -0.1) is 0 Å². The van der Waals surface area contributed by atoms with Gasteiger partial charge in [-0.1, -0.05) is 54.6 Å². The van der Waals surface area contributed by atoms with Crippen LogP contribution in [-0.2, 0) is 27.2 Å². The standard InChI is InChI=1S/C28H34BN3O5/c1-2-32(25-13-15-37-16-14-25)28(34)24(20-30)18-23-10-6-9-22(17-23)11-12-27(33)31-26(29(35)36)19-21-7-4-3-5-8-21/h3-10,17-18,25-26,35-36H,2,11-16,19H2,1H3,(H,31,33). The van der Waals surface area contributed by atoms with E-state index >= 15 is 0 Å². The maximum absolute atomic E-state index is 13.1. The number of nitriles is 1. The van der Waals surface area contributed by atoms with Gasteiger partial charge in [0.05, 0.1) is 5.94 Å². The Kier molecular flexibility index (Phi) is 10.9. The molecule has 1 fully saturated rings. The van der Waals surface area contributed by atoms with Crippen LogP contribution in [0.2, 0.25) is 0 Å². The first kappa shape index (κ1) is 28.1. The molecule has 2 aromatic carbocycles. The topological polar surface area (TPSA) is 123 Å². The second-order valence-corrected chi connectivity index (χ2v) is 9.13. The van der Waals surface area contributed by atoms with E-state index in [1.54, 1.807) is 11.0 Å². The number of ether oxygens (including phenoxy) is 1. The fraction of sp³-hybridized carbons (Fsp3) is 0.393. The Bertz CT molecular complexity index is 1110. The minimum absolute atomic E-state index is 0.0657. The fourth-order valence-electron chi connectivity index (χ4n) is 4.50. The van der Waals surface area contributed by atoms with Crippen molar-refractivity contribution in [1.82, 2.24) is 10.2 Å². The summed E-state index contributed by atoms with van der Waals surface area (Å²) >= 11 is 0. The van der Waals surface area contributed by atoms with Crippen LogP contribution in [0.5, 0.6) is 0 Å². The van der Waals surface area contributed by atoms with E-state index in [0.29, 0.717) is 38.2 Å². The van der Waals surface area contributed by atoms with Crippen molar-refractivity contribution in [1.29, 1.82) is 5.26 Å². The number of nitrogens with zero attached hydrogens (tertiary/aromatic N) is 2. The molecule has 9 heteroatoms. The molecular weight excluding hydrogens is 469 g/mol. The lowest BCUT2D eigenvalue weighted by Crippen LogP contribution is -2.47. The molecule has 0 saturated carbocycles. The van der Waals surface area contributed by atoms with Gasteiger partial charge in [0.25, 0.3) is 5.91 Å². The second kappa shape index (κ2) is 14.3. The van der Waals surface area contributed by atoms with Crippen molar-refractivity contribution < 1.29 is 24.4 Å². The fourth-order valence-corrected chi connectivity index (χ4v) is 4.50. The van der Waals surface area contributed by atoms with Crippen LogP contribution >= 0.6 is 0 Å². The first-order chi connectivity index (χ1) is 17.9. The maximum Gasteiger partial charge on any atom is 0.475 e. The summed E-state index contributed by atoms with van der Waals surface area (Å²) in [7, 11) is -1.68. The third kappa shape index (κ3) is 8.57. The van der Waals surface area contributed by atoms with Crippen molar-refractivity contribution in [3.8, 4) is 6.07 Å². The number of carbonyl (C=O) groups excluding carboxylic acids is 2. The monoisotopic (exact) mass is 503 g/mol. The number of likely N-dealkylation sites (N-methyl/N-ethyl adjacent to an activating group) is 1. The lowest BCUT2D eigenvalue weighted by Gasteiger charge is -2.33. The molecule has 0 bridgehead atoms. The SMILES string of the molecule is CCN(C(=O)C(C#N)=Cc1cccc(CCC(=O)NC(Cc2ccccc2)B(O)O)c1)C1CCOCC1. The highest BCUT2D eigenvalue weighted by Crippen LogP contribution is 2.19. The van der Waals surface area contributed by atoms with Crippen molar-refractivity contribution >= 4 is 25.0 Å². The molecule has 1 saturated heterocycles. The van der Waals surface area contributed by atoms with E-state index in [4.69, 9.17) is 4.74 Å². The molecule has 1 aliphatic rings. The number of rotatable bonds is 11. The Hall–Kier alpha value is -3.45. The maximum atomic E-state index is 13.1. The van der Waals surface area contributed by atoms with Crippen LogP contribution in [0, 0.1) is 11.3 Å². The lowest BCUT2D eigenvalue weighted by molar-refractivity contribution is -0.130. The van der Waals surface area contributed by atoms with Crippen LogP contribution in [0.25, 0.3) is 6.08 Å². The van der Waals surface area contributed by atoms with Gasteiger partial charge in [0.15, 0.2) is 0 Å². The summed E-state index contributed by atoms with van der Waals surface area (Å²) in [6.07, 6.45) is 3.99. The molecule has 8 nitrogen and oxygen atoms in total. The molecule has 0 aliphatic carbocycles. The summed E-state index contributed by atoms with van der Waals surface area (Å²) in [5.41, 5.74) is 2.54. The molecule has 0 spiro atoms. The first-order valence-corrected chi connectivity index (χ1v) is 12.7. The first-order valence-electron chi connectivity index (χ1n) is 12.7. The van der Waals surface area contributed by atoms with E-state index in [9.17, 15) is 24.9 Å². The molecule has 1 unspecified atom stereocenters. The van der Waals surface area contributed by atoms with E-state index < -0.39 is 13.1 Å². The molecule has 2 amide bonds. The van der Waals surface area contributed by atoms with Gasteiger partial charge in [0.1, 0.15) is 11.6 Å². The summed E-state index contributed by atoms with van der Waals surface area (Å²) in [5, 5.41) is 31.8. The van der Waals surface area contributed by atoms with Crippen LogP contribution < -0.4 is 5.32 Å². The van der Waals surface area contributed by atoms with Crippen LogP contribution in [0.3, 0.4) is 0 Å².